The largest absolute Gasteiger partial charge is 0.466 e. The summed E-state index contributed by atoms with van der Waals surface area (Å²) in [5.41, 5.74) is 0.771. The normalized spacial score (nSPS) is 12.2. The summed E-state index contributed by atoms with van der Waals surface area (Å²) in [6, 6.07) is 3.06. The lowest BCUT2D eigenvalue weighted by Crippen LogP contribution is -2.19. The average molecular weight is 225 g/mol. The number of aromatic nitrogens is 1. The van der Waals surface area contributed by atoms with Gasteiger partial charge in [-0.25, -0.2) is 4.98 Å². The van der Waals surface area contributed by atoms with Gasteiger partial charge in [0, 0.05) is 6.20 Å². The highest BCUT2D eigenvalue weighted by molar-refractivity contribution is 5.72. The molecule has 1 heterocycles. The summed E-state index contributed by atoms with van der Waals surface area (Å²) in [4.78, 5) is 15.0. The van der Waals surface area contributed by atoms with Crippen LogP contribution < -0.4 is 0 Å². The van der Waals surface area contributed by atoms with Crippen molar-refractivity contribution in [1.82, 2.24) is 4.98 Å². The Kier molecular flexibility index (Phi) is 4.89. The zero-order valence-corrected chi connectivity index (χ0v) is 9.57. The predicted molar refractivity (Wildman–Crippen MR) is 58.3 cm³/mol. The van der Waals surface area contributed by atoms with E-state index in [2.05, 4.69) is 4.98 Å². The van der Waals surface area contributed by atoms with E-state index in [0.717, 1.165) is 5.56 Å². The van der Waals surface area contributed by atoms with Crippen molar-refractivity contribution in [3.05, 3.63) is 29.8 Å². The molecule has 0 aliphatic rings. The van der Waals surface area contributed by atoms with Crippen molar-refractivity contribution in [1.29, 1.82) is 0 Å². The maximum atomic E-state index is 12.8. The van der Waals surface area contributed by atoms with E-state index in [1.165, 1.54) is 12.3 Å². The lowest BCUT2D eigenvalue weighted by Gasteiger charge is -2.13. The zero-order chi connectivity index (χ0) is 12.0. The number of nitrogens with zero attached hydrogens (tertiary/aromatic N) is 1. The van der Waals surface area contributed by atoms with Gasteiger partial charge in [0.1, 0.15) is 0 Å². The second kappa shape index (κ2) is 6.20. The molecule has 3 nitrogen and oxygen atoms in total. The van der Waals surface area contributed by atoms with E-state index in [-0.39, 0.29) is 11.9 Å². The van der Waals surface area contributed by atoms with Crippen LogP contribution in [0, 0.1) is 11.9 Å². The quantitative estimate of drug-likeness (QED) is 0.570. The second-order valence-electron chi connectivity index (χ2n) is 3.55. The first-order valence-corrected chi connectivity index (χ1v) is 5.44. The molecule has 0 aliphatic carbocycles. The van der Waals surface area contributed by atoms with Crippen LogP contribution in [-0.2, 0) is 16.0 Å². The molecule has 0 saturated heterocycles. The van der Waals surface area contributed by atoms with Crippen LogP contribution in [0.1, 0.15) is 25.8 Å². The lowest BCUT2D eigenvalue weighted by molar-refractivity contribution is -0.148. The summed E-state index contributed by atoms with van der Waals surface area (Å²) in [6.07, 6.45) is 2.58. The molecule has 1 atom stereocenters. The van der Waals surface area contributed by atoms with E-state index in [1.54, 1.807) is 13.0 Å². The number of esters is 1. The molecule has 0 radical (unpaired) electrons. The summed E-state index contributed by atoms with van der Waals surface area (Å²) < 4.78 is 17.8. The van der Waals surface area contributed by atoms with E-state index in [9.17, 15) is 9.18 Å². The first-order valence-electron chi connectivity index (χ1n) is 5.44. The third-order valence-corrected chi connectivity index (χ3v) is 2.39. The van der Waals surface area contributed by atoms with Gasteiger partial charge in [0.05, 0.1) is 12.5 Å². The molecule has 0 N–H and O–H groups in total. The van der Waals surface area contributed by atoms with Gasteiger partial charge >= 0.3 is 5.97 Å². The third-order valence-electron chi connectivity index (χ3n) is 2.39. The summed E-state index contributed by atoms with van der Waals surface area (Å²) in [7, 11) is 0. The van der Waals surface area contributed by atoms with Crippen molar-refractivity contribution < 1.29 is 13.9 Å². The molecule has 1 rings (SSSR count). The van der Waals surface area contributed by atoms with Crippen molar-refractivity contribution in [2.24, 2.45) is 5.92 Å². The Morgan fingerprint density at radius 3 is 2.88 bits per heavy atom. The van der Waals surface area contributed by atoms with E-state index in [1.807, 2.05) is 6.92 Å². The fourth-order valence-corrected chi connectivity index (χ4v) is 1.51. The molecule has 4 heteroatoms. The summed E-state index contributed by atoms with van der Waals surface area (Å²) >= 11 is 0. The molecule has 16 heavy (non-hydrogen) atoms. The first-order chi connectivity index (χ1) is 7.67. The van der Waals surface area contributed by atoms with Crippen LogP contribution in [0.15, 0.2) is 18.3 Å². The Balaban J connectivity index is 2.66. The van der Waals surface area contributed by atoms with E-state index >= 15 is 0 Å². The highest BCUT2D eigenvalue weighted by Crippen LogP contribution is 2.14. The number of carbonyl (C=O) groups is 1. The molecule has 1 unspecified atom stereocenters. The SMILES string of the molecule is CCOC(=O)C(CC)Cc1ccnc(F)c1. The van der Waals surface area contributed by atoms with Crippen LogP contribution in [0.3, 0.4) is 0 Å². The number of ether oxygens (including phenoxy) is 1. The van der Waals surface area contributed by atoms with Crippen LogP contribution in [0.25, 0.3) is 0 Å². The Bertz CT molecular complexity index is 355. The molecule has 0 amide bonds. The van der Waals surface area contributed by atoms with E-state index < -0.39 is 5.95 Å². The minimum absolute atomic E-state index is 0.207. The molecule has 88 valence electrons. The van der Waals surface area contributed by atoms with Gasteiger partial charge in [0.2, 0.25) is 5.95 Å². The first kappa shape index (κ1) is 12.6. The number of rotatable bonds is 5. The number of carbonyl (C=O) groups excluding carboxylic acids is 1. The summed E-state index contributed by atoms with van der Waals surface area (Å²) in [6.45, 7) is 4.07. The van der Waals surface area contributed by atoms with Crippen molar-refractivity contribution in [3.8, 4) is 0 Å². The molecule has 0 fully saturated rings. The van der Waals surface area contributed by atoms with Crippen molar-refractivity contribution in [2.75, 3.05) is 6.61 Å². The van der Waals surface area contributed by atoms with Gasteiger partial charge in [0.15, 0.2) is 0 Å². The van der Waals surface area contributed by atoms with Gasteiger partial charge in [0.25, 0.3) is 0 Å². The van der Waals surface area contributed by atoms with Gasteiger partial charge in [-0.1, -0.05) is 6.92 Å². The van der Waals surface area contributed by atoms with Gasteiger partial charge in [-0.3, -0.25) is 4.79 Å². The highest BCUT2D eigenvalue weighted by atomic mass is 19.1. The number of hydrogen-bond acceptors (Lipinski definition) is 3. The number of hydrogen-bond donors (Lipinski definition) is 0. The molecule has 1 aromatic heterocycles. The van der Waals surface area contributed by atoms with Crippen molar-refractivity contribution in [2.45, 2.75) is 26.7 Å². The lowest BCUT2D eigenvalue weighted by atomic mass is 9.98. The maximum absolute atomic E-state index is 12.8. The van der Waals surface area contributed by atoms with Crippen LogP contribution >= 0.6 is 0 Å². The number of pyridine rings is 1. The van der Waals surface area contributed by atoms with Crippen molar-refractivity contribution in [3.63, 3.8) is 0 Å². The monoisotopic (exact) mass is 225 g/mol. The predicted octanol–water partition coefficient (Wildman–Crippen LogP) is 2.35. The topological polar surface area (TPSA) is 39.2 Å². The van der Waals surface area contributed by atoms with Gasteiger partial charge in [-0.2, -0.15) is 4.39 Å². The summed E-state index contributed by atoms with van der Waals surface area (Å²) in [5, 5.41) is 0. The minimum Gasteiger partial charge on any atom is -0.466 e. The standard InChI is InChI=1S/C12H16FNO2/c1-3-10(12(15)16-4-2)7-9-5-6-14-11(13)8-9/h5-6,8,10H,3-4,7H2,1-2H3. The molecular weight excluding hydrogens is 209 g/mol. The van der Waals surface area contributed by atoms with Gasteiger partial charge < -0.3 is 4.74 Å². The van der Waals surface area contributed by atoms with Gasteiger partial charge in [-0.05, 0) is 37.5 Å². The van der Waals surface area contributed by atoms with Crippen molar-refractivity contribution >= 4 is 5.97 Å². The zero-order valence-electron chi connectivity index (χ0n) is 9.57. The van der Waals surface area contributed by atoms with Crippen LogP contribution in [0.4, 0.5) is 4.39 Å². The molecule has 0 aromatic carbocycles. The third kappa shape index (κ3) is 3.61. The Morgan fingerprint density at radius 1 is 1.56 bits per heavy atom. The fraction of sp³-hybridized carbons (Fsp3) is 0.500. The summed E-state index contributed by atoms with van der Waals surface area (Å²) in [5.74, 6) is -0.944. The smallest absolute Gasteiger partial charge is 0.309 e. The molecular formula is C12H16FNO2. The number of halogens is 1. The minimum atomic E-state index is -0.517. The van der Waals surface area contributed by atoms with E-state index in [4.69, 9.17) is 4.74 Å². The fourth-order valence-electron chi connectivity index (χ4n) is 1.51. The van der Waals surface area contributed by atoms with Crippen LogP contribution in [-0.4, -0.2) is 17.6 Å². The Morgan fingerprint density at radius 2 is 2.31 bits per heavy atom. The van der Waals surface area contributed by atoms with E-state index in [0.29, 0.717) is 19.4 Å². The molecule has 1 aromatic rings. The van der Waals surface area contributed by atoms with Crippen LogP contribution in [0.2, 0.25) is 0 Å². The average Bonchev–Trinajstić information content (AvgIpc) is 2.26. The Labute approximate surface area is 94.6 Å². The molecule has 0 saturated carbocycles. The maximum Gasteiger partial charge on any atom is 0.309 e. The Hall–Kier alpha value is -1.45. The molecule has 0 bridgehead atoms. The molecule has 0 aliphatic heterocycles. The second-order valence-corrected chi connectivity index (χ2v) is 3.55. The highest BCUT2D eigenvalue weighted by Gasteiger charge is 2.18. The van der Waals surface area contributed by atoms with Crippen LogP contribution in [0.5, 0.6) is 0 Å². The molecule has 0 spiro atoms. The van der Waals surface area contributed by atoms with Gasteiger partial charge in [-0.15, -0.1) is 0 Å².